The van der Waals surface area contributed by atoms with Crippen molar-refractivity contribution in [3.63, 3.8) is 0 Å². The topological polar surface area (TPSA) is 45.1 Å². The summed E-state index contributed by atoms with van der Waals surface area (Å²) >= 11 is 5.97. The molecule has 3 aromatic rings. The predicted octanol–water partition coefficient (Wildman–Crippen LogP) is 4.36. The zero-order valence-corrected chi connectivity index (χ0v) is 14.2. The lowest BCUT2D eigenvalue weighted by Crippen LogP contribution is -2.24. The van der Waals surface area contributed by atoms with Crippen LogP contribution >= 0.6 is 11.6 Å². The van der Waals surface area contributed by atoms with E-state index in [4.69, 9.17) is 11.6 Å². The summed E-state index contributed by atoms with van der Waals surface area (Å²) < 4.78 is 14.0. The molecule has 0 aliphatic heterocycles. The number of aliphatic hydroxyl groups is 1. The number of benzene rings is 2. The quantitative estimate of drug-likeness (QED) is 0.689. The van der Waals surface area contributed by atoms with Crippen LogP contribution in [-0.2, 0) is 6.54 Å². The molecule has 128 valence electrons. The van der Waals surface area contributed by atoms with Gasteiger partial charge in [-0.3, -0.25) is 4.98 Å². The van der Waals surface area contributed by atoms with Gasteiger partial charge in [0.15, 0.2) is 0 Å². The third kappa shape index (κ3) is 4.42. The molecule has 0 saturated carbocycles. The molecular formula is C20H18ClFN2O. The van der Waals surface area contributed by atoms with E-state index in [0.29, 0.717) is 22.7 Å². The molecular weight excluding hydrogens is 339 g/mol. The average molecular weight is 357 g/mol. The van der Waals surface area contributed by atoms with E-state index < -0.39 is 0 Å². The highest BCUT2D eigenvalue weighted by atomic mass is 35.5. The summed E-state index contributed by atoms with van der Waals surface area (Å²) in [6, 6.07) is 15.9. The third-order valence-corrected chi connectivity index (χ3v) is 4.21. The number of aromatic nitrogens is 1. The SMILES string of the molecule is OC[C@H](NCc1cncc(-c2cc(Cl)ccc2F)c1)c1ccccc1. The standard InChI is InChI=1S/C20H18ClFN2O/c21-17-6-7-19(22)18(9-17)16-8-14(10-23-12-16)11-24-20(13-25)15-4-2-1-3-5-15/h1-10,12,20,24-25H,11,13H2/t20-/m0/s1. The molecule has 0 unspecified atom stereocenters. The van der Waals surface area contributed by atoms with E-state index in [0.717, 1.165) is 11.1 Å². The molecule has 0 amide bonds. The molecule has 0 spiro atoms. The van der Waals surface area contributed by atoms with Crippen LogP contribution in [0.15, 0.2) is 67.0 Å². The highest BCUT2D eigenvalue weighted by Crippen LogP contribution is 2.26. The van der Waals surface area contributed by atoms with Crippen molar-refractivity contribution in [2.75, 3.05) is 6.61 Å². The number of nitrogens with one attached hydrogen (secondary N) is 1. The monoisotopic (exact) mass is 356 g/mol. The first-order valence-electron chi connectivity index (χ1n) is 7.96. The number of rotatable bonds is 6. The van der Waals surface area contributed by atoms with E-state index in [1.54, 1.807) is 18.5 Å². The minimum atomic E-state index is -0.339. The molecule has 1 aromatic heterocycles. The minimum Gasteiger partial charge on any atom is -0.394 e. The maximum atomic E-state index is 14.0. The van der Waals surface area contributed by atoms with Gasteiger partial charge in [-0.05, 0) is 35.4 Å². The molecule has 0 aliphatic carbocycles. The summed E-state index contributed by atoms with van der Waals surface area (Å²) in [6.45, 7) is 0.489. The summed E-state index contributed by atoms with van der Waals surface area (Å²) in [4.78, 5) is 4.20. The van der Waals surface area contributed by atoms with Gasteiger partial charge in [0.1, 0.15) is 5.82 Å². The molecule has 1 heterocycles. The lowest BCUT2D eigenvalue weighted by molar-refractivity contribution is 0.243. The zero-order valence-electron chi connectivity index (χ0n) is 13.5. The summed E-state index contributed by atoms with van der Waals surface area (Å²) in [5.74, 6) is -0.339. The van der Waals surface area contributed by atoms with E-state index >= 15 is 0 Å². The maximum Gasteiger partial charge on any atom is 0.131 e. The molecule has 2 aromatic carbocycles. The van der Waals surface area contributed by atoms with E-state index in [1.165, 1.54) is 12.1 Å². The fraction of sp³-hybridized carbons (Fsp3) is 0.150. The summed E-state index contributed by atoms with van der Waals surface area (Å²) in [7, 11) is 0. The molecule has 1 atom stereocenters. The van der Waals surface area contributed by atoms with Gasteiger partial charge in [0.05, 0.1) is 12.6 Å². The lowest BCUT2D eigenvalue weighted by Gasteiger charge is -2.17. The Hall–Kier alpha value is -2.27. The Bertz CT molecular complexity index is 842. The highest BCUT2D eigenvalue weighted by molar-refractivity contribution is 6.30. The van der Waals surface area contributed by atoms with E-state index in [2.05, 4.69) is 10.3 Å². The number of hydrogen-bond acceptors (Lipinski definition) is 3. The second kappa shape index (κ2) is 8.21. The Kier molecular flexibility index (Phi) is 5.76. The van der Waals surface area contributed by atoms with Gasteiger partial charge < -0.3 is 10.4 Å². The Labute approximate surface area is 151 Å². The van der Waals surface area contributed by atoms with Crippen molar-refractivity contribution in [3.8, 4) is 11.1 Å². The highest BCUT2D eigenvalue weighted by Gasteiger charge is 2.11. The molecule has 3 nitrogen and oxygen atoms in total. The van der Waals surface area contributed by atoms with Crippen molar-refractivity contribution in [1.29, 1.82) is 0 Å². The van der Waals surface area contributed by atoms with Crippen LogP contribution in [0.2, 0.25) is 5.02 Å². The second-order valence-corrected chi connectivity index (χ2v) is 6.17. The maximum absolute atomic E-state index is 14.0. The van der Waals surface area contributed by atoms with Crippen LogP contribution in [-0.4, -0.2) is 16.7 Å². The van der Waals surface area contributed by atoms with Crippen LogP contribution in [0.4, 0.5) is 4.39 Å². The molecule has 0 bridgehead atoms. The van der Waals surface area contributed by atoms with Gasteiger partial charge in [-0.1, -0.05) is 41.9 Å². The molecule has 0 saturated heterocycles. The van der Waals surface area contributed by atoms with Crippen LogP contribution in [0.5, 0.6) is 0 Å². The number of halogens is 2. The summed E-state index contributed by atoms with van der Waals surface area (Å²) in [5, 5.41) is 13.4. The molecule has 25 heavy (non-hydrogen) atoms. The number of nitrogens with zero attached hydrogens (tertiary/aromatic N) is 1. The third-order valence-electron chi connectivity index (χ3n) is 3.97. The molecule has 5 heteroatoms. The van der Waals surface area contributed by atoms with E-state index in [-0.39, 0.29) is 18.5 Å². The van der Waals surface area contributed by atoms with Gasteiger partial charge in [-0.25, -0.2) is 4.39 Å². The fourth-order valence-electron chi connectivity index (χ4n) is 2.66. The molecule has 0 radical (unpaired) electrons. The Morgan fingerprint density at radius 3 is 2.64 bits per heavy atom. The Balaban J connectivity index is 1.77. The van der Waals surface area contributed by atoms with Gasteiger partial charge in [-0.2, -0.15) is 0 Å². The van der Waals surface area contributed by atoms with Crippen molar-refractivity contribution in [1.82, 2.24) is 10.3 Å². The number of pyridine rings is 1. The predicted molar refractivity (Wildman–Crippen MR) is 97.7 cm³/mol. The largest absolute Gasteiger partial charge is 0.394 e. The zero-order chi connectivity index (χ0) is 17.6. The van der Waals surface area contributed by atoms with Crippen LogP contribution < -0.4 is 5.32 Å². The fourth-order valence-corrected chi connectivity index (χ4v) is 2.84. The summed E-state index contributed by atoms with van der Waals surface area (Å²) in [6.07, 6.45) is 3.33. The van der Waals surface area contributed by atoms with Crippen LogP contribution in [0.1, 0.15) is 17.2 Å². The van der Waals surface area contributed by atoms with Gasteiger partial charge in [-0.15, -0.1) is 0 Å². The number of hydrogen-bond donors (Lipinski definition) is 2. The van der Waals surface area contributed by atoms with Crippen molar-refractivity contribution in [2.45, 2.75) is 12.6 Å². The van der Waals surface area contributed by atoms with Gasteiger partial charge in [0, 0.05) is 35.1 Å². The smallest absolute Gasteiger partial charge is 0.131 e. The average Bonchev–Trinajstić information content (AvgIpc) is 2.65. The first-order valence-corrected chi connectivity index (χ1v) is 8.33. The molecule has 3 rings (SSSR count). The first kappa shape index (κ1) is 17.5. The normalized spacial score (nSPS) is 12.1. The first-order chi connectivity index (χ1) is 12.2. The molecule has 0 aliphatic rings. The van der Waals surface area contributed by atoms with Crippen molar-refractivity contribution < 1.29 is 9.50 Å². The van der Waals surface area contributed by atoms with Crippen molar-refractivity contribution in [2.24, 2.45) is 0 Å². The Morgan fingerprint density at radius 2 is 1.88 bits per heavy atom. The van der Waals surface area contributed by atoms with E-state index in [9.17, 15) is 9.50 Å². The van der Waals surface area contributed by atoms with Crippen LogP contribution in [0.25, 0.3) is 11.1 Å². The lowest BCUT2D eigenvalue weighted by atomic mass is 10.0. The van der Waals surface area contributed by atoms with E-state index in [1.807, 2.05) is 36.4 Å². The number of aliphatic hydroxyl groups excluding tert-OH is 1. The Morgan fingerprint density at radius 1 is 1.08 bits per heavy atom. The second-order valence-electron chi connectivity index (χ2n) is 5.73. The molecule has 0 fully saturated rings. The van der Waals surface area contributed by atoms with Crippen molar-refractivity contribution in [3.05, 3.63) is 89.0 Å². The van der Waals surface area contributed by atoms with Crippen LogP contribution in [0.3, 0.4) is 0 Å². The van der Waals surface area contributed by atoms with Gasteiger partial charge in [0.25, 0.3) is 0 Å². The van der Waals surface area contributed by atoms with Crippen LogP contribution in [0, 0.1) is 5.82 Å². The minimum absolute atomic E-state index is 0.0138. The van der Waals surface area contributed by atoms with Crippen molar-refractivity contribution >= 4 is 11.6 Å². The summed E-state index contributed by atoms with van der Waals surface area (Å²) in [5.41, 5.74) is 2.99. The molecule has 2 N–H and O–H groups in total. The van der Waals surface area contributed by atoms with Gasteiger partial charge >= 0.3 is 0 Å². The van der Waals surface area contributed by atoms with Gasteiger partial charge in [0.2, 0.25) is 0 Å².